The molecule has 1 aliphatic rings. The maximum absolute atomic E-state index is 12.3. The minimum atomic E-state index is -0.798. The summed E-state index contributed by atoms with van der Waals surface area (Å²) >= 11 is 0. The van der Waals surface area contributed by atoms with Crippen LogP contribution in [0, 0.1) is 5.92 Å². The number of nitrogens with one attached hydrogen (secondary N) is 1. The van der Waals surface area contributed by atoms with Crippen molar-refractivity contribution in [1.82, 2.24) is 10.2 Å². The Morgan fingerprint density at radius 2 is 1.94 bits per heavy atom. The molecule has 0 aromatic carbocycles. The lowest BCUT2D eigenvalue weighted by Crippen LogP contribution is -2.43. The van der Waals surface area contributed by atoms with Gasteiger partial charge >= 0.3 is 18.0 Å². The molecule has 0 aromatic heterocycles. The van der Waals surface area contributed by atoms with Gasteiger partial charge in [0.2, 0.25) is 6.79 Å². The summed E-state index contributed by atoms with van der Waals surface area (Å²) in [7, 11) is 0. The van der Waals surface area contributed by atoms with Crippen molar-refractivity contribution in [2.45, 2.75) is 45.6 Å². The van der Waals surface area contributed by atoms with Gasteiger partial charge in [-0.15, -0.1) is 0 Å². The summed E-state index contributed by atoms with van der Waals surface area (Å²) in [6.07, 6.45) is 3.86. The summed E-state index contributed by atoms with van der Waals surface area (Å²) in [6.45, 7) is 10.4. The van der Waals surface area contributed by atoms with Gasteiger partial charge in [0.15, 0.2) is 6.61 Å². The molecule has 0 bridgehead atoms. The van der Waals surface area contributed by atoms with Crippen LogP contribution in [-0.2, 0) is 28.6 Å². The van der Waals surface area contributed by atoms with Crippen molar-refractivity contribution >= 4 is 29.7 Å². The number of carbonyl (C=O) groups is 4. The molecule has 1 atom stereocenters. The highest BCUT2D eigenvalue weighted by Gasteiger charge is 2.35. The highest BCUT2D eigenvalue weighted by atomic mass is 16.7. The Morgan fingerprint density at radius 3 is 2.58 bits per heavy atom. The molecule has 172 valence electrons. The van der Waals surface area contributed by atoms with E-state index in [4.69, 9.17) is 14.2 Å². The predicted molar refractivity (Wildman–Crippen MR) is 113 cm³/mol. The summed E-state index contributed by atoms with van der Waals surface area (Å²) in [4.78, 5) is 53.1. The SMILES string of the molecule is C=CN=C(C=C)CCNC(=O)OCOC(=O)C1CCCN1C(=O)COC(=O)CC(C)C. The molecule has 2 amide bonds. The number of hydrogen-bond acceptors (Lipinski definition) is 8. The lowest BCUT2D eigenvalue weighted by atomic mass is 10.1. The smallest absolute Gasteiger partial charge is 0.410 e. The average Bonchev–Trinajstić information content (AvgIpc) is 3.21. The number of hydrogen-bond donors (Lipinski definition) is 1. The second kappa shape index (κ2) is 13.9. The minimum Gasteiger partial charge on any atom is -0.456 e. The number of alkyl carbamates (subject to hydrolysis) is 1. The van der Waals surface area contributed by atoms with Crippen LogP contribution in [0.25, 0.3) is 0 Å². The monoisotopic (exact) mass is 437 g/mol. The van der Waals surface area contributed by atoms with E-state index in [1.807, 2.05) is 13.8 Å². The van der Waals surface area contributed by atoms with Crippen molar-refractivity contribution in [3.63, 3.8) is 0 Å². The van der Waals surface area contributed by atoms with E-state index in [1.165, 1.54) is 11.1 Å². The second-order valence-electron chi connectivity index (χ2n) is 7.20. The van der Waals surface area contributed by atoms with E-state index >= 15 is 0 Å². The van der Waals surface area contributed by atoms with E-state index in [0.29, 0.717) is 31.5 Å². The van der Waals surface area contributed by atoms with Gasteiger partial charge in [-0.05, 0) is 24.8 Å². The van der Waals surface area contributed by atoms with Crippen molar-refractivity contribution in [3.05, 3.63) is 25.4 Å². The van der Waals surface area contributed by atoms with Gasteiger partial charge in [0, 0.05) is 37.8 Å². The van der Waals surface area contributed by atoms with Crippen LogP contribution in [-0.4, -0.2) is 67.1 Å². The van der Waals surface area contributed by atoms with Gasteiger partial charge < -0.3 is 24.4 Å². The van der Waals surface area contributed by atoms with E-state index in [2.05, 4.69) is 23.5 Å². The second-order valence-corrected chi connectivity index (χ2v) is 7.20. The molecule has 1 saturated heterocycles. The Morgan fingerprint density at radius 1 is 1.19 bits per heavy atom. The first-order chi connectivity index (χ1) is 14.8. The van der Waals surface area contributed by atoms with Crippen LogP contribution < -0.4 is 5.32 Å². The predicted octanol–water partition coefficient (Wildman–Crippen LogP) is 1.95. The van der Waals surface area contributed by atoms with E-state index in [1.54, 1.807) is 6.08 Å². The lowest BCUT2D eigenvalue weighted by Gasteiger charge is -2.23. The van der Waals surface area contributed by atoms with Gasteiger partial charge in [0.05, 0.1) is 0 Å². The number of rotatable bonds is 12. The first-order valence-electron chi connectivity index (χ1n) is 10.1. The highest BCUT2D eigenvalue weighted by molar-refractivity contribution is 5.95. The van der Waals surface area contributed by atoms with Crippen LogP contribution in [0.15, 0.2) is 30.4 Å². The molecule has 0 spiro atoms. The number of likely N-dealkylation sites (tertiary alicyclic amines) is 1. The molecule has 1 N–H and O–H groups in total. The number of ether oxygens (including phenoxy) is 3. The number of nitrogens with zero attached hydrogens (tertiary/aromatic N) is 2. The maximum atomic E-state index is 12.3. The van der Waals surface area contributed by atoms with Crippen LogP contribution >= 0.6 is 0 Å². The van der Waals surface area contributed by atoms with Crippen molar-refractivity contribution < 1.29 is 33.4 Å². The Balaban J connectivity index is 2.35. The van der Waals surface area contributed by atoms with E-state index in [0.717, 1.165) is 0 Å². The normalized spacial score (nSPS) is 15.9. The van der Waals surface area contributed by atoms with Crippen molar-refractivity contribution in [1.29, 1.82) is 0 Å². The number of esters is 2. The molecule has 0 aromatic rings. The standard InChI is InChI=1S/C21H31N3O7/c1-5-16(22-6-2)9-10-23-21(28)31-14-30-20(27)17-8-7-11-24(17)18(25)13-29-19(26)12-15(3)4/h5-6,15,17H,1-2,7-14H2,3-4H3,(H,23,28). The fraction of sp³-hybridized carbons (Fsp3) is 0.571. The van der Waals surface area contributed by atoms with Gasteiger partial charge in [0.1, 0.15) is 6.04 Å². The largest absolute Gasteiger partial charge is 0.456 e. The quantitative estimate of drug-likeness (QED) is 0.281. The van der Waals surface area contributed by atoms with Gasteiger partial charge in [-0.1, -0.05) is 27.0 Å². The molecule has 0 saturated carbocycles. The number of amides is 2. The molecular weight excluding hydrogens is 406 g/mol. The fourth-order valence-corrected chi connectivity index (χ4v) is 2.85. The van der Waals surface area contributed by atoms with E-state index in [-0.39, 0.29) is 18.9 Å². The molecule has 31 heavy (non-hydrogen) atoms. The fourth-order valence-electron chi connectivity index (χ4n) is 2.85. The summed E-state index contributed by atoms with van der Waals surface area (Å²) < 4.78 is 14.7. The summed E-state index contributed by atoms with van der Waals surface area (Å²) in [6, 6.07) is -0.798. The van der Waals surface area contributed by atoms with E-state index in [9.17, 15) is 19.2 Å². The first-order valence-corrected chi connectivity index (χ1v) is 10.1. The van der Waals surface area contributed by atoms with Gasteiger partial charge in [0.25, 0.3) is 5.91 Å². The first kappa shape index (κ1) is 25.9. The number of allylic oxidation sites excluding steroid dienone is 1. The summed E-state index contributed by atoms with van der Waals surface area (Å²) in [5.41, 5.74) is 0.655. The number of carbonyl (C=O) groups excluding carboxylic acids is 4. The van der Waals surface area contributed by atoms with Crippen molar-refractivity contribution in [3.8, 4) is 0 Å². The third kappa shape index (κ3) is 9.92. The third-order valence-corrected chi connectivity index (χ3v) is 4.31. The van der Waals surface area contributed by atoms with Crippen LogP contribution in [0.1, 0.15) is 39.5 Å². The molecule has 1 fully saturated rings. The Bertz CT molecular complexity index is 703. The van der Waals surface area contributed by atoms with Crippen LogP contribution in [0.3, 0.4) is 0 Å². The van der Waals surface area contributed by atoms with E-state index < -0.39 is 43.4 Å². The molecule has 1 heterocycles. The van der Waals surface area contributed by atoms with Crippen molar-refractivity contribution in [2.75, 3.05) is 26.5 Å². The molecular formula is C21H31N3O7. The third-order valence-electron chi connectivity index (χ3n) is 4.31. The Labute approximate surface area is 182 Å². The summed E-state index contributed by atoms with van der Waals surface area (Å²) in [5.74, 6) is -1.48. The topological polar surface area (TPSA) is 124 Å². The molecule has 1 rings (SSSR count). The number of aliphatic imine (C=N–C) groups is 1. The molecule has 10 heteroatoms. The molecule has 1 aliphatic heterocycles. The Hall–Kier alpha value is -3.17. The summed E-state index contributed by atoms with van der Waals surface area (Å²) in [5, 5.41) is 2.49. The molecule has 0 radical (unpaired) electrons. The maximum Gasteiger partial charge on any atom is 0.410 e. The zero-order valence-corrected chi connectivity index (χ0v) is 18.1. The van der Waals surface area contributed by atoms with Gasteiger partial charge in [-0.25, -0.2) is 9.59 Å². The van der Waals surface area contributed by atoms with Crippen LogP contribution in [0.2, 0.25) is 0 Å². The van der Waals surface area contributed by atoms with Crippen LogP contribution in [0.4, 0.5) is 4.79 Å². The lowest BCUT2D eigenvalue weighted by molar-refractivity contribution is -0.162. The zero-order chi connectivity index (χ0) is 23.2. The van der Waals surface area contributed by atoms with Crippen LogP contribution in [0.5, 0.6) is 0 Å². The highest BCUT2D eigenvalue weighted by Crippen LogP contribution is 2.19. The molecule has 1 unspecified atom stereocenters. The molecule has 10 nitrogen and oxygen atoms in total. The molecule has 0 aliphatic carbocycles. The average molecular weight is 437 g/mol. The minimum absolute atomic E-state index is 0.124. The van der Waals surface area contributed by atoms with Gasteiger partial charge in [-0.2, -0.15) is 0 Å². The zero-order valence-electron chi connectivity index (χ0n) is 18.1. The van der Waals surface area contributed by atoms with Gasteiger partial charge in [-0.3, -0.25) is 14.6 Å². The van der Waals surface area contributed by atoms with Crippen molar-refractivity contribution in [2.24, 2.45) is 10.9 Å². The Kier molecular flexibility index (Phi) is 11.6.